The fraction of sp³-hybridized carbons (Fsp3) is 0.0833. The second-order valence-corrected chi connectivity index (χ2v) is 3.87. The third-order valence-electron chi connectivity index (χ3n) is 2.70. The summed E-state index contributed by atoms with van der Waals surface area (Å²) in [6.07, 6.45) is 0. The summed E-state index contributed by atoms with van der Waals surface area (Å²) in [4.78, 5) is 30.4. The van der Waals surface area contributed by atoms with E-state index in [0.29, 0.717) is 16.6 Å². The standard InChI is InChI=1S/C12H9N3O2/c1-7-6-10(16)14-12-13-9-5-3-2-4-8(9)11(17)15(7)12/h2-6H,1H3,(H,13,14,16). The highest BCUT2D eigenvalue weighted by Crippen LogP contribution is 2.07. The first-order valence-corrected chi connectivity index (χ1v) is 5.18. The summed E-state index contributed by atoms with van der Waals surface area (Å²) < 4.78 is 1.41. The number of aromatic nitrogens is 3. The predicted octanol–water partition coefficient (Wildman–Crippen LogP) is 0.844. The fourth-order valence-corrected chi connectivity index (χ4v) is 1.94. The van der Waals surface area contributed by atoms with Crippen molar-refractivity contribution in [3.8, 4) is 0 Å². The van der Waals surface area contributed by atoms with E-state index in [1.54, 1.807) is 31.2 Å². The van der Waals surface area contributed by atoms with E-state index in [0.717, 1.165) is 0 Å². The highest BCUT2D eigenvalue weighted by Gasteiger charge is 2.07. The Labute approximate surface area is 95.4 Å². The minimum atomic E-state index is -0.260. The molecule has 0 aliphatic carbocycles. The van der Waals surface area contributed by atoms with E-state index in [9.17, 15) is 9.59 Å². The van der Waals surface area contributed by atoms with Gasteiger partial charge in [-0.25, -0.2) is 9.38 Å². The Morgan fingerprint density at radius 1 is 1.24 bits per heavy atom. The molecule has 0 saturated carbocycles. The molecule has 17 heavy (non-hydrogen) atoms. The number of aromatic amines is 1. The molecule has 0 radical (unpaired) electrons. The molecule has 2 aromatic heterocycles. The minimum absolute atomic E-state index is 0.167. The molecule has 3 rings (SSSR count). The number of hydrogen-bond donors (Lipinski definition) is 1. The molecule has 1 aromatic carbocycles. The molecule has 5 nitrogen and oxygen atoms in total. The van der Waals surface area contributed by atoms with Gasteiger partial charge in [0.2, 0.25) is 5.78 Å². The summed E-state index contributed by atoms with van der Waals surface area (Å²) >= 11 is 0. The molecule has 3 aromatic rings. The van der Waals surface area contributed by atoms with Crippen LogP contribution in [-0.4, -0.2) is 14.4 Å². The van der Waals surface area contributed by atoms with Gasteiger partial charge in [0.25, 0.3) is 11.1 Å². The van der Waals surface area contributed by atoms with E-state index >= 15 is 0 Å². The van der Waals surface area contributed by atoms with Crippen LogP contribution in [0.25, 0.3) is 16.7 Å². The smallest absolute Gasteiger partial charge is 0.267 e. The zero-order chi connectivity index (χ0) is 12.0. The quantitative estimate of drug-likeness (QED) is 0.579. The molecule has 2 heterocycles. The van der Waals surface area contributed by atoms with Gasteiger partial charge in [0.1, 0.15) is 0 Å². The van der Waals surface area contributed by atoms with Gasteiger partial charge in [-0.1, -0.05) is 12.1 Å². The van der Waals surface area contributed by atoms with Gasteiger partial charge >= 0.3 is 0 Å². The topological polar surface area (TPSA) is 67.2 Å². The molecule has 0 fully saturated rings. The molecule has 0 atom stereocenters. The number of hydrogen-bond acceptors (Lipinski definition) is 3. The number of para-hydroxylation sites is 1. The van der Waals surface area contributed by atoms with Crippen LogP contribution in [-0.2, 0) is 0 Å². The lowest BCUT2D eigenvalue weighted by Gasteiger charge is -2.04. The first kappa shape index (κ1) is 9.77. The zero-order valence-electron chi connectivity index (χ0n) is 9.10. The third kappa shape index (κ3) is 1.36. The van der Waals surface area contributed by atoms with Gasteiger partial charge in [-0.15, -0.1) is 0 Å². The van der Waals surface area contributed by atoms with Crippen LogP contribution in [0.15, 0.2) is 39.9 Å². The van der Waals surface area contributed by atoms with Crippen molar-refractivity contribution in [1.82, 2.24) is 14.4 Å². The number of H-pyrrole nitrogens is 1. The Balaban J connectivity index is 2.69. The summed E-state index contributed by atoms with van der Waals surface area (Å²) in [5.74, 6) is 0.277. The van der Waals surface area contributed by atoms with E-state index in [-0.39, 0.29) is 16.9 Å². The van der Waals surface area contributed by atoms with Crippen molar-refractivity contribution in [3.63, 3.8) is 0 Å². The average molecular weight is 227 g/mol. The molecule has 0 saturated heterocycles. The average Bonchev–Trinajstić information content (AvgIpc) is 2.28. The molecular weight excluding hydrogens is 218 g/mol. The lowest BCUT2D eigenvalue weighted by atomic mass is 10.2. The normalized spacial score (nSPS) is 11.1. The molecule has 1 N–H and O–H groups in total. The van der Waals surface area contributed by atoms with Crippen molar-refractivity contribution in [3.05, 3.63) is 56.7 Å². The second-order valence-electron chi connectivity index (χ2n) is 3.87. The summed E-state index contributed by atoms with van der Waals surface area (Å²) in [5, 5.41) is 0.542. The summed E-state index contributed by atoms with van der Waals surface area (Å²) in [5.41, 5.74) is 0.731. The maximum Gasteiger partial charge on any atom is 0.267 e. The number of aryl methyl sites for hydroxylation is 1. The summed E-state index contributed by atoms with van der Waals surface area (Å²) in [7, 11) is 0. The molecular formula is C12H9N3O2. The van der Waals surface area contributed by atoms with Gasteiger partial charge < -0.3 is 0 Å². The van der Waals surface area contributed by atoms with E-state index < -0.39 is 0 Å². The molecule has 5 heteroatoms. The van der Waals surface area contributed by atoms with E-state index in [4.69, 9.17) is 0 Å². The Bertz CT molecular complexity index is 846. The Morgan fingerprint density at radius 2 is 2.00 bits per heavy atom. The molecule has 84 valence electrons. The SMILES string of the molecule is Cc1cc(=O)[nH]c2nc3ccccc3c(=O)n12. The molecule has 0 aliphatic rings. The number of rotatable bonds is 0. The summed E-state index contributed by atoms with van der Waals surface area (Å²) in [6.45, 7) is 1.71. The lowest BCUT2D eigenvalue weighted by Crippen LogP contribution is -2.22. The predicted molar refractivity (Wildman–Crippen MR) is 64.3 cm³/mol. The van der Waals surface area contributed by atoms with Crippen LogP contribution in [0, 0.1) is 6.92 Å². The van der Waals surface area contributed by atoms with Gasteiger partial charge in [0.15, 0.2) is 0 Å². The second kappa shape index (κ2) is 3.28. The van der Waals surface area contributed by atoms with Crippen molar-refractivity contribution >= 4 is 16.7 Å². The number of nitrogens with one attached hydrogen (secondary N) is 1. The van der Waals surface area contributed by atoms with Gasteiger partial charge in [-0.05, 0) is 19.1 Å². The summed E-state index contributed by atoms with van der Waals surface area (Å²) in [6, 6.07) is 8.45. The Hall–Kier alpha value is -2.43. The van der Waals surface area contributed by atoms with Crippen molar-refractivity contribution < 1.29 is 0 Å². The fourth-order valence-electron chi connectivity index (χ4n) is 1.94. The van der Waals surface area contributed by atoms with Gasteiger partial charge in [0.05, 0.1) is 10.9 Å². The first-order valence-electron chi connectivity index (χ1n) is 5.18. The van der Waals surface area contributed by atoms with Crippen LogP contribution in [0.1, 0.15) is 5.69 Å². The Kier molecular flexibility index (Phi) is 1.89. The number of nitrogens with zero attached hydrogens (tertiary/aromatic N) is 2. The van der Waals surface area contributed by atoms with Crippen molar-refractivity contribution in [2.24, 2.45) is 0 Å². The van der Waals surface area contributed by atoms with Gasteiger partial charge in [0, 0.05) is 11.8 Å². The van der Waals surface area contributed by atoms with Gasteiger partial charge in [-0.3, -0.25) is 14.6 Å². The highest BCUT2D eigenvalue weighted by atomic mass is 16.1. The molecule has 0 amide bonds. The monoisotopic (exact) mass is 227 g/mol. The lowest BCUT2D eigenvalue weighted by molar-refractivity contribution is 0.956. The molecule has 0 bridgehead atoms. The molecule has 0 aliphatic heterocycles. The highest BCUT2D eigenvalue weighted by molar-refractivity contribution is 5.78. The van der Waals surface area contributed by atoms with Gasteiger partial charge in [-0.2, -0.15) is 0 Å². The van der Waals surface area contributed by atoms with E-state index in [1.807, 2.05) is 0 Å². The van der Waals surface area contributed by atoms with Crippen LogP contribution in [0.2, 0.25) is 0 Å². The Morgan fingerprint density at radius 3 is 2.82 bits per heavy atom. The third-order valence-corrected chi connectivity index (χ3v) is 2.70. The maximum absolute atomic E-state index is 12.2. The van der Waals surface area contributed by atoms with E-state index in [2.05, 4.69) is 9.97 Å². The minimum Gasteiger partial charge on any atom is -0.292 e. The maximum atomic E-state index is 12.2. The number of benzene rings is 1. The van der Waals surface area contributed by atoms with Crippen LogP contribution in [0.4, 0.5) is 0 Å². The van der Waals surface area contributed by atoms with Crippen molar-refractivity contribution in [1.29, 1.82) is 0 Å². The largest absolute Gasteiger partial charge is 0.292 e. The van der Waals surface area contributed by atoms with Crippen LogP contribution < -0.4 is 11.1 Å². The number of fused-ring (bicyclic) bond motifs is 2. The zero-order valence-corrected chi connectivity index (χ0v) is 9.10. The van der Waals surface area contributed by atoms with Crippen LogP contribution in [0.5, 0.6) is 0 Å². The van der Waals surface area contributed by atoms with Crippen molar-refractivity contribution in [2.75, 3.05) is 0 Å². The van der Waals surface area contributed by atoms with Crippen molar-refractivity contribution in [2.45, 2.75) is 6.92 Å². The van der Waals surface area contributed by atoms with E-state index in [1.165, 1.54) is 10.5 Å². The molecule has 0 spiro atoms. The van der Waals surface area contributed by atoms with Crippen LogP contribution in [0.3, 0.4) is 0 Å². The van der Waals surface area contributed by atoms with Crippen LogP contribution >= 0.6 is 0 Å². The molecule has 0 unspecified atom stereocenters. The first-order chi connectivity index (χ1) is 8.16.